The second kappa shape index (κ2) is 9.72. The monoisotopic (exact) mass is 530 g/mol. The van der Waals surface area contributed by atoms with Gasteiger partial charge in [0.1, 0.15) is 22.9 Å². The molecule has 3 aromatic carbocycles. The summed E-state index contributed by atoms with van der Waals surface area (Å²) in [4.78, 5) is 27.2. The number of hydrogen-bond donors (Lipinski definition) is 1. The maximum Gasteiger partial charge on any atom is 0.327 e. The van der Waals surface area contributed by atoms with Gasteiger partial charge in [-0.05, 0) is 36.6 Å². The number of carbonyl (C=O) groups is 2. The first kappa shape index (κ1) is 23.8. The second-order valence-corrected chi connectivity index (χ2v) is 10.8. The predicted molar refractivity (Wildman–Crippen MR) is 144 cm³/mol. The second-order valence-electron chi connectivity index (χ2n) is 9.26. The molecule has 0 unspecified atom stereocenters. The molecule has 8 heteroatoms. The van der Waals surface area contributed by atoms with Crippen LogP contribution in [0.5, 0.6) is 0 Å². The number of carboxylic acids is 1. The van der Waals surface area contributed by atoms with Crippen molar-refractivity contribution in [2.75, 3.05) is 5.75 Å². The number of thioether (sulfide) groups is 1. The minimum absolute atomic E-state index is 0.293. The zero-order valence-electron chi connectivity index (χ0n) is 19.7. The van der Waals surface area contributed by atoms with E-state index in [1.165, 1.54) is 16.7 Å². The van der Waals surface area contributed by atoms with Gasteiger partial charge in [0.25, 0.3) is 5.91 Å². The molecule has 2 aliphatic rings. The number of carboxylic acid groups (broad SMARTS) is 1. The Balaban J connectivity index is 1.35. The van der Waals surface area contributed by atoms with Crippen LogP contribution < -0.4 is 0 Å². The number of aliphatic carboxylic acids is 1. The average molecular weight is 531 g/mol. The van der Waals surface area contributed by atoms with Gasteiger partial charge in [-0.3, -0.25) is 4.79 Å². The average Bonchev–Trinajstić information content (AvgIpc) is 3.51. The van der Waals surface area contributed by atoms with Gasteiger partial charge in [-0.1, -0.05) is 77.4 Å². The van der Waals surface area contributed by atoms with Crippen molar-refractivity contribution >= 4 is 35.2 Å². The van der Waals surface area contributed by atoms with E-state index in [2.05, 4.69) is 5.16 Å². The van der Waals surface area contributed by atoms with Gasteiger partial charge in [-0.25, -0.2) is 4.79 Å². The molecule has 1 saturated heterocycles. The van der Waals surface area contributed by atoms with Crippen molar-refractivity contribution in [3.63, 3.8) is 0 Å². The maximum absolute atomic E-state index is 13.7. The normalized spacial score (nSPS) is 19.2. The number of carbonyl (C=O) groups excluding carboxylic acids is 1. The molecule has 1 saturated carbocycles. The van der Waals surface area contributed by atoms with Crippen LogP contribution in [0.2, 0.25) is 5.02 Å². The van der Waals surface area contributed by atoms with Gasteiger partial charge in [0.15, 0.2) is 0 Å². The molecule has 1 N–H and O–H groups in total. The highest BCUT2D eigenvalue weighted by Gasteiger charge is 2.43. The highest BCUT2D eigenvalue weighted by Crippen LogP contribution is 2.48. The van der Waals surface area contributed by atoms with E-state index in [0.29, 0.717) is 22.3 Å². The molecule has 1 aliphatic heterocycles. The molecule has 1 aliphatic carbocycles. The first-order chi connectivity index (χ1) is 18.0. The Bertz CT molecular complexity index is 1470. The Morgan fingerprint density at radius 1 is 0.946 bits per heavy atom. The van der Waals surface area contributed by atoms with Crippen LogP contribution in [0.1, 0.15) is 45.8 Å². The lowest BCUT2D eigenvalue weighted by Gasteiger charge is -2.28. The lowest BCUT2D eigenvalue weighted by atomic mass is 9.96. The van der Waals surface area contributed by atoms with Crippen LogP contribution in [0, 0.1) is 0 Å². The first-order valence-corrected chi connectivity index (χ1v) is 13.5. The van der Waals surface area contributed by atoms with Crippen molar-refractivity contribution in [3.05, 3.63) is 101 Å². The predicted octanol–water partition coefficient (Wildman–Crippen LogP) is 6.88. The smallest absolute Gasteiger partial charge is 0.327 e. The highest BCUT2D eigenvalue weighted by molar-refractivity contribution is 7.99. The van der Waals surface area contributed by atoms with E-state index in [4.69, 9.17) is 16.1 Å². The molecule has 2 heterocycles. The zero-order valence-corrected chi connectivity index (χ0v) is 21.3. The summed E-state index contributed by atoms with van der Waals surface area (Å²) in [5.41, 5.74) is 4.75. The quantitative estimate of drug-likeness (QED) is 0.292. The molecule has 2 atom stereocenters. The van der Waals surface area contributed by atoms with Gasteiger partial charge < -0.3 is 14.5 Å². The summed E-state index contributed by atoms with van der Waals surface area (Å²) in [6.45, 7) is 0. The summed E-state index contributed by atoms with van der Waals surface area (Å²) >= 11 is 7.83. The molecular formula is C29H23ClN2O4S. The van der Waals surface area contributed by atoms with E-state index in [0.717, 1.165) is 46.5 Å². The Labute approximate surface area is 223 Å². The van der Waals surface area contributed by atoms with E-state index >= 15 is 0 Å². The number of rotatable bonds is 6. The fourth-order valence-electron chi connectivity index (χ4n) is 4.79. The van der Waals surface area contributed by atoms with Crippen LogP contribution in [0.4, 0.5) is 0 Å². The summed E-state index contributed by atoms with van der Waals surface area (Å²) < 4.78 is 5.80. The number of aromatic nitrogens is 1. The molecule has 1 amide bonds. The van der Waals surface area contributed by atoms with Crippen molar-refractivity contribution in [1.82, 2.24) is 10.1 Å². The summed E-state index contributed by atoms with van der Waals surface area (Å²) in [6, 6.07) is 23.5. The van der Waals surface area contributed by atoms with Crippen LogP contribution in [0.3, 0.4) is 0 Å². The third kappa shape index (κ3) is 4.43. The largest absolute Gasteiger partial charge is 0.480 e. The third-order valence-electron chi connectivity index (χ3n) is 6.83. The van der Waals surface area contributed by atoms with E-state index < -0.39 is 17.4 Å². The number of nitrogens with zero attached hydrogens (tertiary/aromatic N) is 2. The third-order valence-corrected chi connectivity index (χ3v) is 8.47. The van der Waals surface area contributed by atoms with Crippen LogP contribution in [-0.2, 0) is 4.79 Å². The fourth-order valence-corrected chi connectivity index (χ4v) is 6.55. The Morgan fingerprint density at radius 3 is 2.32 bits per heavy atom. The molecule has 2 fully saturated rings. The van der Waals surface area contributed by atoms with Crippen LogP contribution in [0.25, 0.3) is 22.4 Å². The highest BCUT2D eigenvalue weighted by atomic mass is 35.5. The van der Waals surface area contributed by atoms with E-state index in [1.807, 2.05) is 60.7 Å². The lowest BCUT2D eigenvalue weighted by Crippen LogP contribution is -2.43. The van der Waals surface area contributed by atoms with Crippen LogP contribution >= 0.6 is 23.4 Å². The van der Waals surface area contributed by atoms with Gasteiger partial charge in [0.2, 0.25) is 0 Å². The molecular weight excluding hydrogens is 508 g/mol. The van der Waals surface area contributed by atoms with Crippen molar-refractivity contribution in [3.8, 4) is 22.4 Å². The number of halogens is 1. The maximum atomic E-state index is 13.7. The van der Waals surface area contributed by atoms with Gasteiger partial charge in [-0.2, -0.15) is 0 Å². The van der Waals surface area contributed by atoms with E-state index in [1.54, 1.807) is 18.2 Å². The number of amides is 1. The van der Waals surface area contributed by atoms with E-state index in [-0.39, 0.29) is 5.91 Å². The molecule has 37 heavy (non-hydrogen) atoms. The Morgan fingerprint density at radius 2 is 1.65 bits per heavy atom. The molecule has 4 aromatic rings. The lowest BCUT2D eigenvalue weighted by molar-refractivity contribution is -0.141. The number of hydrogen-bond acceptors (Lipinski definition) is 5. The Kier molecular flexibility index (Phi) is 6.26. The number of benzene rings is 3. The molecule has 0 bridgehead atoms. The van der Waals surface area contributed by atoms with E-state index in [9.17, 15) is 14.7 Å². The van der Waals surface area contributed by atoms with Crippen LogP contribution in [0.15, 0.2) is 83.4 Å². The summed E-state index contributed by atoms with van der Waals surface area (Å²) in [7, 11) is 0. The summed E-state index contributed by atoms with van der Waals surface area (Å²) in [5, 5.41) is 14.3. The topological polar surface area (TPSA) is 83.6 Å². The molecule has 0 spiro atoms. The minimum Gasteiger partial charge on any atom is -0.480 e. The fraction of sp³-hybridized carbons (Fsp3) is 0.207. The van der Waals surface area contributed by atoms with Crippen molar-refractivity contribution in [2.24, 2.45) is 0 Å². The van der Waals surface area contributed by atoms with Crippen molar-refractivity contribution in [1.29, 1.82) is 0 Å². The van der Waals surface area contributed by atoms with Crippen molar-refractivity contribution < 1.29 is 19.2 Å². The molecule has 1 aromatic heterocycles. The standard InChI is InChI=1S/C29H23ClN2O4S/c30-22-9-5-4-8-21(22)28-32(23(16-37-28)29(34)35)27(33)20-14-10-17(11-15-20)24-25(18-6-2-1-3-7-18)31-36-26(24)19-12-13-19/h1-11,14-15,19,23,28H,12-13,16H2,(H,34,35)/t23-,28+/m0/s1. The zero-order chi connectivity index (χ0) is 25.5. The minimum atomic E-state index is -1.03. The van der Waals surface area contributed by atoms with Gasteiger partial charge in [-0.15, -0.1) is 11.8 Å². The SMILES string of the molecule is O=C(O)[C@@H]1CS[C@H](c2ccccc2Cl)N1C(=O)c1ccc(-c2c(-c3ccccc3)noc2C2CC2)cc1. The summed E-state index contributed by atoms with van der Waals surface area (Å²) in [6.07, 6.45) is 2.14. The van der Waals surface area contributed by atoms with Crippen molar-refractivity contribution in [2.45, 2.75) is 30.2 Å². The summed E-state index contributed by atoms with van der Waals surface area (Å²) in [5.74, 6) is 0.151. The Hall–Kier alpha value is -3.55. The molecule has 6 nitrogen and oxygen atoms in total. The van der Waals surface area contributed by atoms with Crippen LogP contribution in [-0.4, -0.2) is 38.8 Å². The van der Waals surface area contributed by atoms with Gasteiger partial charge in [0, 0.05) is 33.4 Å². The van der Waals surface area contributed by atoms with Gasteiger partial charge in [0.05, 0.1) is 5.56 Å². The molecule has 6 rings (SSSR count). The first-order valence-electron chi connectivity index (χ1n) is 12.1. The molecule has 186 valence electrons. The molecule has 0 radical (unpaired) electrons. The van der Waals surface area contributed by atoms with Gasteiger partial charge >= 0.3 is 5.97 Å².